The molecular weight excluding hydrogens is 356 g/mol. The van der Waals surface area contributed by atoms with E-state index in [0.29, 0.717) is 12.0 Å². The van der Waals surface area contributed by atoms with E-state index in [1.165, 1.54) is 12.7 Å². The maximum atomic E-state index is 12.8. The van der Waals surface area contributed by atoms with Gasteiger partial charge >= 0.3 is 5.97 Å². The van der Waals surface area contributed by atoms with Crippen molar-refractivity contribution in [1.82, 2.24) is 4.90 Å². The Balaban J connectivity index is 1.82. The Hall–Kier alpha value is -2.31. The number of ether oxygens (including phenoxy) is 2. The molecule has 0 bridgehead atoms. The first-order valence-corrected chi connectivity index (χ1v) is 9.85. The average Bonchev–Trinajstić information content (AvgIpc) is 3.26. The Kier molecular flexibility index (Phi) is 3.71. The number of hydrogen-bond acceptors (Lipinski definition) is 6. The summed E-state index contributed by atoms with van der Waals surface area (Å²) in [5, 5.41) is 14.5. The number of anilines is 1. The first-order chi connectivity index (χ1) is 13.5. The van der Waals surface area contributed by atoms with E-state index >= 15 is 0 Å². The number of hydrogen-bond donors (Lipinski definition) is 2. The number of esters is 1. The first kappa shape index (κ1) is 17.8. The van der Waals surface area contributed by atoms with Crippen LogP contribution in [0, 0.1) is 5.41 Å². The lowest BCUT2D eigenvalue weighted by atomic mass is 9.54. The van der Waals surface area contributed by atoms with E-state index < -0.39 is 11.5 Å². The van der Waals surface area contributed by atoms with Gasteiger partial charge in [-0.3, -0.25) is 4.90 Å². The number of aliphatic hydroxyl groups is 1. The molecule has 148 valence electrons. The SMILES string of the molecule is COC(=O)C1=C2Nc3cc(OC)ccc3[C@@]23CCN2CC=C[C@@]([C@@H](C)O)(C1)[C@H]23. The van der Waals surface area contributed by atoms with Crippen molar-refractivity contribution in [2.45, 2.75) is 37.3 Å². The van der Waals surface area contributed by atoms with Crippen molar-refractivity contribution < 1.29 is 19.4 Å². The summed E-state index contributed by atoms with van der Waals surface area (Å²) < 4.78 is 10.6. The van der Waals surface area contributed by atoms with Gasteiger partial charge in [0.05, 0.1) is 31.3 Å². The quantitative estimate of drug-likeness (QED) is 0.617. The molecule has 3 aliphatic heterocycles. The van der Waals surface area contributed by atoms with E-state index in [9.17, 15) is 9.90 Å². The first-order valence-electron chi connectivity index (χ1n) is 9.85. The molecule has 6 nitrogen and oxygen atoms in total. The third-order valence-electron chi connectivity index (χ3n) is 7.31. The molecule has 1 saturated heterocycles. The standard InChI is InChI=1S/C22H26N2O4/c1-13(25)21-7-4-9-24-10-8-22(20(21)24)16-6-5-14(27-2)11-17(16)23-18(22)15(12-21)19(26)28-3/h4-7,11,13,20,23,25H,8-10,12H2,1-3H3/t13-,20+,21+,22+/m1/s1. The predicted octanol–water partition coefficient (Wildman–Crippen LogP) is 2.20. The van der Waals surface area contributed by atoms with Gasteiger partial charge in [0.1, 0.15) is 5.75 Å². The number of fused-ring (bicyclic) bond motifs is 1. The number of carbonyl (C=O) groups is 1. The molecule has 5 rings (SSSR count). The number of nitrogens with zero attached hydrogens (tertiary/aromatic N) is 1. The molecule has 28 heavy (non-hydrogen) atoms. The normalized spacial score (nSPS) is 33.6. The van der Waals surface area contributed by atoms with Crippen LogP contribution >= 0.6 is 0 Å². The van der Waals surface area contributed by atoms with Crippen molar-refractivity contribution in [3.05, 3.63) is 47.2 Å². The Labute approximate surface area is 164 Å². The van der Waals surface area contributed by atoms with Gasteiger partial charge in [-0.2, -0.15) is 0 Å². The topological polar surface area (TPSA) is 71.0 Å². The number of carbonyl (C=O) groups excluding carboxylic acids is 1. The summed E-state index contributed by atoms with van der Waals surface area (Å²) in [6, 6.07) is 6.19. The Morgan fingerprint density at radius 3 is 2.93 bits per heavy atom. The zero-order valence-corrected chi connectivity index (χ0v) is 16.5. The summed E-state index contributed by atoms with van der Waals surface area (Å²) >= 11 is 0. The minimum atomic E-state index is -0.588. The fourth-order valence-corrected chi connectivity index (χ4v) is 6.17. The highest BCUT2D eigenvalue weighted by atomic mass is 16.5. The molecule has 1 aromatic rings. The zero-order chi connectivity index (χ0) is 19.7. The van der Waals surface area contributed by atoms with E-state index in [1.54, 1.807) is 7.11 Å². The molecule has 0 aromatic heterocycles. The van der Waals surface area contributed by atoms with Crippen LogP contribution in [0.4, 0.5) is 5.69 Å². The van der Waals surface area contributed by atoms with Gasteiger partial charge in [0.25, 0.3) is 0 Å². The second-order valence-corrected chi connectivity index (χ2v) is 8.37. The van der Waals surface area contributed by atoms with Crippen molar-refractivity contribution in [2.24, 2.45) is 5.41 Å². The van der Waals surface area contributed by atoms with Crippen LogP contribution in [-0.4, -0.2) is 55.4 Å². The largest absolute Gasteiger partial charge is 0.497 e. The molecule has 1 fully saturated rings. The van der Waals surface area contributed by atoms with E-state index in [2.05, 4.69) is 28.4 Å². The molecule has 6 heteroatoms. The van der Waals surface area contributed by atoms with Crippen LogP contribution in [0.2, 0.25) is 0 Å². The Morgan fingerprint density at radius 2 is 2.21 bits per heavy atom. The molecule has 0 radical (unpaired) electrons. The highest BCUT2D eigenvalue weighted by Crippen LogP contribution is 2.64. The van der Waals surface area contributed by atoms with Crippen molar-refractivity contribution in [2.75, 3.05) is 32.6 Å². The lowest BCUT2D eigenvalue weighted by molar-refractivity contribution is -0.137. The summed E-state index contributed by atoms with van der Waals surface area (Å²) in [6.07, 6.45) is 5.06. The number of benzene rings is 1. The number of aliphatic hydroxyl groups excluding tert-OH is 1. The molecule has 4 aliphatic rings. The molecule has 1 spiro atoms. The van der Waals surface area contributed by atoms with Crippen LogP contribution in [0.15, 0.2) is 41.6 Å². The van der Waals surface area contributed by atoms with E-state index in [-0.39, 0.29) is 17.4 Å². The Bertz CT molecular complexity index is 921. The molecule has 0 amide bonds. The predicted molar refractivity (Wildman–Crippen MR) is 105 cm³/mol. The highest BCUT2D eigenvalue weighted by molar-refractivity contribution is 5.93. The van der Waals surface area contributed by atoms with Crippen LogP contribution in [0.25, 0.3) is 0 Å². The molecule has 0 unspecified atom stereocenters. The molecule has 2 N–H and O–H groups in total. The number of nitrogens with one attached hydrogen (secondary N) is 1. The average molecular weight is 382 g/mol. The van der Waals surface area contributed by atoms with Gasteiger partial charge in [0.2, 0.25) is 0 Å². The van der Waals surface area contributed by atoms with Crippen LogP contribution in [0.1, 0.15) is 25.3 Å². The minimum Gasteiger partial charge on any atom is -0.497 e. The maximum Gasteiger partial charge on any atom is 0.335 e. The summed E-state index contributed by atoms with van der Waals surface area (Å²) in [6.45, 7) is 3.64. The van der Waals surface area contributed by atoms with Crippen molar-refractivity contribution in [3.8, 4) is 5.75 Å². The fraction of sp³-hybridized carbons (Fsp3) is 0.500. The van der Waals surface area contributed by atoms with Crippen molar-refractivity contribution in [1.29, 1.82) is 0 Å². The van der Waals surface area contributed by atoms with Gasteiger partial charge in [0, 0.05) is 42.0 Å². The van der Waals surface area contributed by atoms with Crippen LogP contribution in [0.3, 0.4) is 0 Å². The summed E-state index contributed by atoms with van der Waals surface area (Å²) in [5.74, 6) is 0.458. The van der Waals surface area contributed by atoms with E-state index in [1.807, 2.05) is 19.1 Å². The lowest BCUT2D eigenvalue weighted by Gasteiger charge is -2.55. The summed E-state index contributed by atoms with van der Waals surface area (Å²) in [4.78, 5) is 15.3. The van der Waals surface area contributed by atoms with Crippen LogP contribution in [0.5, 0.6) is 5.75 Å². The minimum absolute atomic E-state index is 0.0931. The van der Waals surface area contributed by atoms with Crippen molar-refractivity contribution >= 4 is 11.7 Å². The van der Waals surface area contributed by atoms with Gasteiger partial charge in [-0.1, -0.05) is 18.2 Å². The third kappa shape index (κ3) is 1.97. The number of methoxy groups -OCH3 is 2. The summed E-state index contributed by atoms with van der Waals surface area (Å²) in [7, 11) is 3.08. The highest BCUT2D eigenvalue weighted by Gasteiger charge is 2.67. The molecule has 0 saturated carbocycles. The molecular formula is C22H26N2O4. The second-order valence-electron chi connectivity index (χ2n) is 8.37. The summed E-state index contributed by atoms with van der Waals surface area (Å²) in [5.41, 5.74) is 2.87. The van der Waals surface area contributed by atoms with E-state index in [0.717, 1.165) is 36.6 Å². The lowest BCUT2D eigenvalue weighted by Crippen LogP contribution is -2.62. The molecule has 3 heterocycles. The van der Waals surface area contributed by atoms with Gasteiger partial charge in [0.15, 0.2) is 0 Å². The Morgan fingerprint density at radius 1 is 1.39 bits per heavy atom. The molecule has 1 aliphatic carbocycles. The van der Waals surface area contributed by atoms with Gasteiger partial charge in [-0.25, -0.2) is 4.79 Å². The maximum absolute atomic E-state index is 12.8. The van der Waals surface area contributed by atoms with Gasteiger partial charge in [-0.15, -0.1) is 0 Å². The molecule has 4 atom stereocenters. The smallest absolute Gasteiger partial charge is 0.335 e. The fourth-order valence-electron chi connectivity index (χ4n) is 6.17. The molecule has 1 aromatic carbocycles. The third-order valence-corrected chi connectivity index (χ3v) is 7.31. The van der Waals surface area contributed by atoms with Crippen molar-refractivity contribution in [3.63, 3.8) is 0 Å². The zero-order valence-electron chi connectivity index (χ0n) is 16.5. The van der Waals surface area contributed by atoms with Crippen LogP contribution < -0.4 is 10.1 Å². The monoisotopic (exact) mass is 382 g/mol. The van der Waals surface area contributed by atoms with Gasteiger partial charge in [-0.05, 0) is 31.4 Å². The second kappa shape index (κ2) is 5.84. The van der Waals surface area contributed by atoms with Gasteiger partial charge < -0.3 is 19.9 Å². The van der Waals surface area contributed by atoms with E-state index in [4.69, 9.17) is 9.47 Å². The number of rotatable bonds is 3. The van der Waals surface area contributed by atoms with Crippen LogP contribution in [-0.2, 0) is 14.9 Å².